The fraction of sp³-hybridized carbons (Fsp3) is 0. The highest BCUT2D eigenvalue weighted by molar-refractivity contribution is 6.28. The van der Waals surface area contributed by atoms with Gasteiger partial charge in [-0.1, -0.05) is 0 Å². The molecule has 0 saturated carbocycles. The number of rotatable bonds is 0. The van der Waals surface area contributed by atoms with E-state index in [2.05, 4.69) is 15.2 Å². The molecule has 0 atom stereocenters. The Morgan fingerprint density at radius 1 is 1.71 bits per heavy atom. The van der Waals surface area contributed by atoms with E-state index in [0.29, 0.717) is 0 Å². The van der Waals surface area contributed by atoms with Gasteiger partial charge >= 0.3 is 5.69 Å². The van der Waals surface area contributed by atoms with Crippen molar-refractivity contribution in [2.45, 2.75) is 0 Å². The molecular weight excluding hydrogens is 92.9 g/mol. The minimum absolute atomic E-state index is 0.116. The summed E-state index contributed by atoms with van der Waals surface area (Å²) < 4.78 is 0. The molecule has 0 fully saturated rings. The Labute approximate surface area is 40.4 Å². The van der Waals surface area contributed by atoms with Crippen LogP contribution in [0.25, 0.3) is 0 Å². The smallest absolute Gasteiger partial charge is 0.302 e. The van der Waals surface area contributed by atoms with E-state index in [1.54, 1.807) is 0 Å². The summed E-state index contributed by atoms with van der Waals surface area (Å²) >= 11 is 0. The van der Waals surface area contributed by atoms with Crippen LogP contribution in [-0.4, -0.2) is 23.0 Å². The van der Waals surface area contributed by atoms with Crippen molar-refractivity contribution in [2.75, 3.05) is 0 Å². The average molecular weight is 94.9 g/mol. The van der Waals surface area contributed by atoms with Crippen molar-refractivity contribution in [3.05, 3.63) is 10.5 Å². The van der Waals surface area contributed by atoms with Gasteiger partial charge in [0, 0.05) is 0 Å². The predicted molar refractivity (Wildman–Crippen MR) is 24.6 cm³/mol. The van der Waals surface area contributed by atoms with Crippen molar-refractivity contribution in [3.8, 4) is 0 Å². The van der Waals surface area contributed by atoms with E-state index in [4.69, 9.17) is 7.85 Å². The van der Waals surface area contributed by atoms with Gasteiger partial charge in [0.15, 0.2) is 7.85 Å². The maximum Gasteiger partial charge on any atom is 0.339 e. The Morgan fingerprint density at radius 2 is 2.43 bits per heavy atom. The van der Waals surface area contributed by atoms with Gasteiger partial charge in [-0.2, -0.15) is 5.10 Å². The summed E-state index contributed by atoms with van der Waals surface area (Å²) in [5.41, 5.74) is -0.262. The lowest BCUT2D eigenvalue weighted by Gasteiger charge is -1.65. The van der Waals surface area contributed by atoms with Crippen LogP contribution in [-0.2, 0) is 0 Å². The normalized spacial score (nSPS) is 9.14. The zero-order valence-electron chi connectivity index (χ0n) is 3.43. The van der Waals surface area contributed by atoms with Gasteiger partial charge in [0.25, 0.3) is 0 Å². The summed E-state index contributed by atoms with van der Waals surface area (Å²) in [6.45, 7) is 0. The lowest BCUT2D eigenvalue weighted by Crippen LogP contribution is -2.10. The van der Waals surface area contributed by atoms with Gasteiger partial charge in [0.05, 0.1) is 5.72 Å². The number of hydrogen-bond donors (Lipinski definition) is 2. The molecule has 0 aromatic carbocycles. The summed E-state index contributed by atoms with van der Waals surface area (Å²) in [7, 11) is 4.98. The first kappa shape index (κ1) is 4.17. The first-order chi connectivity index (χ1) is 3.29. The van der Waals surface area contributed by atoms with Crippen LogP contribution >= 0.6 is 0 Å². The number of nitrogens with one attached hydrogen (secondary N) is 2. The molecule has 0 aliphatic rings. The van der Waals surface area contributed by atoms with Gasteiger partial charge < -0.3 is 4.98 Å². The van der Waals surface area contributed by atoms with Crippen LogP contribution in [0.1, 0.15) is 0 Å². The van der Waals surface area contributed by atoms with E-state index in [1.165, 1.54) is 0 Å². The fourth-order valence-electron chi connectivity index (χ4n) is 0.283. The second-order valence-electron chi connectivity index (χ2n) is 1.06. The zero-order valence-corrected chi connectivity index (χ0v) is 3.43. The standard InChI is InChI=1S/C2H2BN3O/c3-1-4-2(7)6-5-1/h(H2,4,5,6,7). The van der Waals surface area contributed by atoms with Gasteiger partial charge in [-0.05, 0) is 0 Å². The molecule has 1 aromatic rings. The highest BCUT2D eigenvalue weighted by atomic mass is 16.1. The van der Waals surface area contributed by atoms with Crippen LogP contribution in [0.5, 0.6) is 0 Å². The Balaban J connectivity index is 3.30. The maximum absolute atomic E-state index is 10.0. The molecule has 5 heteroatoms. The Morgan fingerprint density at radius 3 is 2.57 bits per heavy atom. The minimum atomic E-state index is -0.377. The SMILES string of the molecule is [B]c1n[nH]c(=O)[nH]1. The molecule has 1 heterocycles. The molecule has 0 bridgehead atoms. The highest BCUT2D eigenvalue weighted by Crippen LogP contribution is 1.38. The van der Waals surface area contributed by atoms with Crippen molar-refractivity contribution in [1.82, 2.24) is 15.2 Å². The largest absolute Gasteiger partial charge is 0.339 e. The summed E-state index contributed by atoms with van der Waals surface area (Å²) in [6.07, 6.45) is 0. The monoisotopic (exact) mass is 95.0 g/mol. The predicted octanol–water partition coefficient (Wildman–Crippen LogP) is -2.11. The van der Waals surface area contributed by atoms with Crippen molar-refractivity contribution < 1.29 is 0 Å². The summed E-state index contributed by atoms with van der Waals surface area (Å²) in [4.78, 5) is 12.2. The molecule has 0 aliphatic carbocycles. The van der Waals surface area contributed by atoms with Crippen LogP contribution < -0.4 is 11.4 Å². The third kappa shape index (κ3) is 0.705. The molecule has 34 valence electrons. The van der Waals surface area contributed by atoms with Crippen LogP contribution in [0.15, 0.2) is 4.79 Å². The molecule has 2 radical (unpaired) electrons. The summed E-state index contributed by atoms with van der Waals surface area (Å²) in [5, 5.41) is 5.38. The summed E-state index contributed by atoms with van der Waals surface area (Å²) in [6, 6.07) is 0. The molecule has 0 spiro atoms. The second-order valence-corrected chi connectivity index (χ2v) is 1.06. The summed E-state index contributed by atoms with van der Waals surface area (Å²) in [5.74, 6) is 0. The minimum Gasteiger partial charge on any atom is -0.302 e. The number of hydrogen-bond acceptors (Lipinski definition) is 2. The molecule has 1 rings (SSSR count). The topological polar surface area (TPSA) is 61.5 Å². The van der Waals surface area contributed by atoms with Crippen LogP contribution in [0.4, 0.5) is 0 Å². The molecule has 2 N–H and O–H groups in total. The Hall–Kier alpha value is -0.995. The van der Waals surface area contributed by atoms with Crippen molar-refractivity contribution in [2.24, 2.45) is 0 Å². The van der Waals surface area contributed by atoms with Crippen LogP contribution in [0, 0.1) is 0 Å². The molecule has 4 nitrogen and oxygen atoms in total. The average Bonchev–Trinajstić information content (AvgIpc) is 1.87. The molecule has 7 heavy (non-hydrogen) atoms. The number of aromatic amines is 2. The van der Waals surface area contributed by atoms with Gasteiger partial charge in [-0.15, -0.1) is 0 Å². The van der Waals surface area contributed by atoms with E-state index >= 15 is 0 Å². The van der Waals surface area contributed by atoms with Crippen LogP contribution in [0.2, 0.25) is 0 Å². The molecule has 0 unspecified atom stereocenters. The Bertz CT molecular complexity index is 201. The van der Waals surface area contributed by atoms with Gasteiger partial charge in [0.1, 0.15) is 0 Å². The van der Waals surface area contributed by atoms with E-state index in [-0.39, 0.29) is 11.4 Å². The van der Waals surface area contributed by atoms with Crippen molar-refractivity contribution in [3.63, 3.8) is 0 Å². The van der Waals surface area contributed by atoms with E-state index in [1.807, 2.05) is 0 Å². The molecular formula is C2H2BN3O. The molecule has 0 saturated heterocycles. The Kier molecular flexibility index (Phi) is 0.747. The second kappa shape index (κ2) is 1.25. The lowest BCUT2D eigenvalue weighted by atomic mass is 10.1. The number of H-pyrrole nitrogens is 2. The van der Waals surface area contributed by atoms with Crippen molar-refractivity contribution >= 4 is 13.6 Å². The van der Waals surface area contributed by atoms with Gasteiger partial charge in [0.2, 0.25) is 0 Å². The number of aromatic nitrogens is 3. The van der Waals surface area contributed by atoms with Gasteiger partial charge in [-0.3, -0.25) is 0 Å². The third-order valence-corrected chi connectivity index (χ3v) is 0.519. The third-order valence-electron chi connectivity index (χ3n) is 0.519. The van der Waals surface area contributed by atoms with Crippen molar-refractivity contribution in [1.29, 1.82) is 0 Å². The molecule has 0 amide bonds. The fourth-order valence-corrected chi connectivity index (χ4v) is 0.283. The first-order valence-corrected chi connectivity index (χ1v) is 1.69. The zero-order chi connectivity index (χ0) is 5.28. The molecule has 0 aliphatic heterocycles. The van der Waals surface area contributed by atoms with Gasteiger partial charge in [-0.25, -0.2) is 9.89 Å². The maximum atomic E-state index is 10.0. The quantitative estimate of drug-likeness (QED) is 0.362. The van der Waals surface area contributed by atoms with E-state index < -0.39 is 0 Å². The first-order valence-electron chi connectivity index (χ1n) is 1.69. The lowest BCUT2D eigenvalue weighted by molar-refractivity contribution is 1.06. The highest BCUT2D eigenvalue weighted by Gasteiger charge is 1.82. The van der Waals surface area contributed by atoms with E-state index in [9.17, 15) is 4.79 Å². The van der Waals surface area contributed by atoms with Crippen LogP contribution in [0.3, 0.4) is 0 Å². The number of nitrogens with zero attached hydrogens (tertiary/aromatic N) is 1. The van der Waals surface area contributed by atoms with E-state index in [0.717, 1.165) is 0 Å². The molecule has 1 aromatic heterocycles.